The van der Waals surface area contributed by atoms with E-state index in [1.54, 1.807) is 23.9 Å². The summed E-state index contributed by atoms with van der Waals surface area (Å²) in [6.45, 7) is 1.92. The maximum Gasteiger partial charge on any atom is 0.225 e. The molecule has 0 bridgehead atoms. The van der Waals surface area contributed by atoms with Gasteiger partial charge in [-0.15, -0.1) is 11.8 Å². The van der Waals surface area contributed by atoms with Gasteiger partial charge in [-0.3, -0.25) is 4.79 Å². The normalized spacial score (nSPS) is 10.5. The van der Waals surface area contributed by atoms with E-state index < -0.39 is 0 Å². The van der Waals surface area contributed by atoms with Gasteiger partial charge in [0.15, 0.2) is 5.13 Å². The zero-order valence-corrected chi connectivity index (χ0v) is 13.2. The fourth-order valence-electron chi connectivity index (χ4n) is 1.55. The van der Waals surface area contributed by atoms with E-state index in [1.165, 1.54) is 11.3 Å². The van der Waals surface area contributed by atoms with E-state index in [0.29, 0.717) is 28.0 Å². The largest absolute Gasteiger partial charge is 0.375 e. The molecule has 0 saturated heterocycles. The Morgan fingerprint density at radius 1 is 1.50 bits per heavy atom. The summed E-state index contributed by atoms with van der Waals surface area (Å²) in [5, 5.41) is 3.90. The van der Waals surface area contributed by atoms with Gasteiger partial charge in [-0.1, -0.05) is 35.1 Å². The van der Waals surface area contributed by atoms with Crippen LogP contribution in [0.15, 0.2) is 28.5 Å². The molecule has 0 aliphatic carbocycles. The Morgan fingerprint density at radius 2 is 2.25 bits per heavy atom. The Hall–Kier alpha value is -1.24. The van der Waals surface area contributed by atoms with Gasteiger partial charge in [0.25, 0.3) is 0 Å². The zero-order valence-electron chi connectivity index (χ0n) is 10.9. The van der Waals surface area contributed by atoms with Gasteiger partial charge >= 0.3 is 0 Å². The van der Waals surface area contributed by atoms with Crippen molar-refractivity contribution in [1.29, 1.82) is 0 Å². The standard InChI is InChI=1S/C13H14ClN3OS2/c1-8-12(20-13(15)16-8)19-7-6-11(18)17-10-5-3-2-4-9(10)14/h2-5H,6-7H2,1H3,(H2,15,16)(H,17,18). The number of nitrogens with zero attached hydrogens (tertiary/aromatic N) is 1. The topological polar surface area (TPSA) is 68.0 Å². The molecule has 1 amide bonds. The van der Waals surface area contributed by atoms with Crippen LogP contribution < -0.4 is 11.1 Å². The predicted molar refractivity (Wildman–Crippen MR) is 86.7 cm³/mol. The lowest BCUT2D eigenvalue weighted by Crippen LogP contribution is -2.12. The number of carbonyl (C=O) groups excluding carboxylic acids is 1. The number of anilines is 2. The van der Waals surface area contributed by atoms with Crippen LogP contribution in [0.1, 0.15) is 12.1 Å². The number of hydrogen-bond acceptors (Lipinski definition) is 5. The van der Waals surface area contributed by atoms with E-state index in [0.717, 1.165) is 9.90 Å². The minimum absolute atomic E-state index is 0.0549. The first-order valence-corrected chi connectivity index (χ1v) is 8.14. The first kappa shape index (κ1) is 15.2. The number of aromatic nitrogens is 1. The van der Waals surface area contributed by atoms with Crippen LogP contribution in [0.25, 0.3) is 0 Å². The summed E-state index contributed by atoms with van der Waals surface area (Å²) in [7, 11) is 0. The molecule has 1 aromatic carbocycles. The van der Waals surface area contributed by atoms with Gasteiger partial charge < -0.3 is 11.1 Å². The number of amides is 1. The third kappa shape index (κ3) is 4.13. The number of hydrogen-bond donors (Lipinski definition) is 2. The third-order valence-electron chi connectivity index (χ3n) is 2.48. The maximum absolute atomic E-state index is 11.8. The van der Waals surface area contributed by atoms with Crippen LogP contribution in [0.4, 0.5) is 10.8 Å². The monoisotopic (exact) mass is 327 g/mol. The lowest BCUT2D eigenvalue weighted by atomic mass is 10.3. The van der Waals surface area contributed by atoms with E-state index in [4.69, 9.17) is 17.3 Å². The SMILES string of the molecule is Cc1nc(N)sc1SCCC(=O)Nc1ccccc1Cl. The minimum atomic E-state index is -0.0549. The van der Waals surface area contributed by atoms with Crippen molar-refractivity contribution in [2.45, 2.75) is 17.6 Å². The van der Waals surface area contributed by atoms with Crippen LogP contribution in [0.2, 0.25) is 5.02 Å². The van der Waals surface area contributed by atoms with Gasteiger partial charge in [0.05, 0.1) is 20.6 Å². The average molecular weight is 328 g/mol. The average Bonchev–Trinajstić information content (AvgIpc) is 2.71. The van der Waals surface area contributed by atoms with E-state index in [2.05, 4.69) is 10.3 Å². The Morgan fingerprint density at radius 3 is 2.90 bits per heavy atom. The molecule has 1 aromatic heterocycles. The van der Waals surface area contributed by atoms with Crippen LogP contribution in [0, 0.1) is 6.92 Å². The number of thioether (sulfide) groups is 1. The first-order valence-electron chi connectivity index (χ1n) is 5.96. The second kappa shape index (κ2) is 6.97. The lowest BCUT2D eigenvalue weighted by Gasteiger charge is -2.06. The molecule has 0 aliphatic heterocycles. The van der Waals surface area contributed by atoms with E-state index in [1.807, 2.05) is 19.1 Å². The van der Waals surface area contributed by atoms with Gasteiger partial charge in [0.1, 0.15) is 0 Å². The number of nitrogens with one attached hydrogen (secondary N) is 1. The van der Waals surface area contributed by atoms with Gasteiger partial charge in [0.2, 0.25) is 5.91 Å². The molecule has 20 heavy (non-hydrogen) atoms. The molecular weight excluding hydrogens is 314 g/mol. The number of rotatable bonds is 5. The van der Waals surface area contributed by atoms with Crippen molar-refractivity contribution >= 4 is 51.4 Å². The van der Waals surface area contributed by atoms with Crippen LogP contribution in [-0.4, -0.2) is 16.6 Å². The highest BCUT2D eigenvalue weighted by Crippen LogP contribution is 2.30. The molecule has 106 valence electrons. The van der Waals surface area contributed by atoms with Gasteiger partial charge in [-0.25, -0.2) is 4.98 Å². The van der Waals surface area contributed by atoms with Crippen molar-refractivity contribution in [2.24, 2.45) is 0 Å². The van der Waals surface area contributed by atoms with Crippen molar-refractivity contribution in [1.82, 2.24) is 4.98 Å². The minimum Gasteiger partial charge on any atom is -0.375 e. The smallest absolute Gasteiger partial charge is 0.225 e. The van der Waals surface area contributed by atoms with Gasteiger partial charge in [-0.2, -0.15) is 0 Å². The first-order chi connectivity index (χ1) is 9.56. The fourth-order valence-corrected chi connectivity index (χ4v) is 3.77. The summed E-state index contributed by atoms with van der Waals surface area (Å²) in [6, 6.07) is 7.18. The third-order valence-corrected chi connectivity index (χ3v) is 5.16. The van der Waals surface area contributed by atoms with Crippen LogP contribution in [-0.2, 0) is 4.79 Å². The Kier molecular flexibility index (Phi) is 5.28. The predicted octanol–water partition coefficient (Wildman–Crippen LogP) is 3.81. The summed E-state index contributed by atoms with van der Waals surface area (Å²) in [4.78, 5) is 16.0. The maximum atomic E-state index is 11.8. The van der Waals surface area contributed by atoms with E-state index >= 15 is 0 Å². The number of carbonyl (C=O) groups is 1. The Bertz CT molecular complexity index is 615. The quantitative estimate of drug-likeness (QED) is 0.819. The van der Waals surface area contributed by atoms with E-state index in [9.17, 15) is 4.79 Å². The number of nitrogens with two attached hydrogens (primary N) is 1. The van der Waals surface area contributed by atoms with Crippen LogP contribution in [0.5, 0.6) is 0 Å². The van der Waals surface area contributed by atoms with E-state index in [-0.39, 0.29) is 5.91 Å². The van der Waals surface area contributed by atoms with Gasteiger partial charge in [0, 0.05) is 12.2 Å². The molecule has 4 nitrogen and oxygen atoms in total. The van der Waals surface area contributed by atoms with Crippen molar-refractivity contribution in [3.63, 3.8) is 0 Å². The number of nitrogen functional groups attached to an aromatic ring is 1. The van der Waals surface area contributed by atoms with Crippen LogP contribution >= 0.6 is 34.7 Å². The van der Waals surface area contributed by atoms with Crippen molar-refractivity contribution in [3.05, 3.63) is 35.0 Å². The second-order valence-electron chi connectivity index (χ2n) is 4.05. The molecule has 2 rings (SSSR count). The molecule has 0 spiro atoms. The molecular formula is C13H14ClN3OS2. The Balaban J connectivity index is 1.81. The zero-order chi connectivity index (χ0) is 14.5. The highest BCUT2D eigenvalue weighted by Gasteiger charge is 2.08. The molecule has 3 N–H and O–H groups in total. The summed E-state index contributed by atoms with van der Waals surface area (Å²) >= 11 is 9.02. The molecule has 1 heterocycles. The van der Waals surface area contributed by atoms with Gasteiger partial charge in [-0.05, 0) is 19.1 Å². The number of aryl methyl sites for hydroxylation is 1. The van der Waals surface area contributed by atoms with Crippen LogP contribution in [0.3, 0.4) is 0 Å². The van der Waals surface area contributed by atoms with Crippen molar-refractivity contribution < 1.29 is 4.79 Å². The Labute approximate surface area is 130 Å². The molecule has 7 heteroatoms. The molecule has 0 unspecified atom stereocenters. The van der Waals surface area contributed by atoms with Crippen molar-refractivity contribution in [2.75, 3.05) is 16.8 Å². The number of thiazole rings is 1. The highest BCUT2D eigenvalue weighted by atomic mass is 35.5. The lowest BCUT2D eigenvalue weighted by molar-refractivity contribution is -0.115. The molecule has 0 fully saturated rings. The molecule has 0 atom stereocenters. The number of halogens is 1. The number of para-hydroxylation sites is 1. The number of benzene rings is 1. The highest BCUT2D eigenvalue weighted by molar-refractivity contribution is 8.01. The summed E-state index contributed by atoms with van der Waals surface area (Å²) in [5.74, 6) is 0.624. The molecule has 2 aromatic rings. The summed E-state index contributed by atoms with van der Waals surface area (Å²) < 4.78 is 1.06. The molecule has 0 radical (unpaired) electrons. The fraction of sp³-hybridized carbons (Fsp3) is 0.231. The summed E-state index contributed by atoms with van der Waals surface area (Å²) in [5.41, 5.74) is 7.19. The second-order valence-corrected chi connectivity index (χ2v) is 6.85. The van der Waals surface area contributed by atoms with Crippen molar-refractivity contribution in [3.8, 4) is 0 Å². The molecule has 0 saturated carbocycles. The molecule has 0 aliphatic rings. The summed E-state index contributed by atoms with van der Waals surface area (Å²) in [6.07, 6.45) is 0.410.